The molecule has 1 fully saturated rings. The van der Waals surface area contributed by atoms with E-state index in [1.54, 1.807) is 0 Å². The van der Waals surface area contributed by atoms with Crippen LogP contribution in [0.2, 0.25) is 0 Å². The summed E-state index contributed by atoms with van der Waals surface area (Å²) in [4.78, 5) is 0.920. The van der Waals surface area contributed by atoms with Crippen molar-refractivity contribution in [3.8, 4) is 0 Å². The standard InChI is InChI=1S/C15H19F2N3O2S2/c1-11(2)10-18-15(23)19-6-8-20(9-7-19)24(21,22)14-12(16)4-3-5-13(14)17/h3-5H,1,6-10H2,2H3,(H,18,23). The van der Waals surface area contributed by atoms with Crippen LogP contribution in [-0.2, 0) is 10.0 Å². The van der Waals surface area contributed by atoms with Crippen LogP contribution in [0.4, 0.5) is 8.78 Å². The Morgan fingerprint density at radius 1 is 1.25 bits per heavy atom. The Balaban J connectivity index is 2.06. The highest BCUT2D eigenvalue weighted by molar-refractivity contribution is 7.89. The smallest absolute Gasteiger partial charge is 0.249 e. The third-order valence-electron chi connectivity index (χ3n) is 3.58. The minimum Gasteiger partial charge on any atom is -0.359 e. The summed E-state index contributed by atoms with van der Waals surface area (Å²) in [6, 6.07) is 3.00. The molecule has 0 amide bonds. The van der Waals surface area contributed by atoms with Gasteiger partial charge < -0.3 is 10.2 Å². The molecule has 0 saturated carbocycles. The van der Waals surface area contributed by atoms with Gasteiger partial charge in [-0.25, -0.2) is 17.2 Å². The number of sulfonamides is 1. The molecule has 2 rings (SSSR count). The van der Waals surface area contributed by atoms with Gasteiger partial charge in [-0.05, 0) is 31.3 Å². The Morgan fingerprint density at radius 3 is 2.29 bits per heavy atom. The Morgan fingerprint density at radius 2 is 1.79 bits per heavy atom. The maximum atomic E-state index is 13.8. The van der Waals surface area contributed by atoms with Crippen molar-refractivity contribution in [3.63, 3.8) is 0 Å². The lowest BCUT2D eigenvalue weighted by atomic mass is 10.3. The Kier molecular flexibility index (Phi) is 5.89. The fourth-order valence-electron chi connectivity index (χ4n) is 2.33. The molecule has 0 atom stereocenters. The first-order chi connectivity index (χ1) is 11.2. The van der Waals surface area contributed by atoms with E-state index >= 15 is 0 Å². The number of rotatable bonds is 4. The molecule has 5 nitrogen and oxygen atoms in total. The molecule has 1 saturated heterocycles. The van der Waals surface area contributed by atoms with Crippen molar-refractivity contribution >= 4 is 27.4 Å². The van der Waals surface area contributed by atoms with E-state index in [2.05, 4.69) is 11.9 Å². The molecule has 0 spiro atoms. The molecule has 1 aliphatic rings. The van der Waals surface area contributed by atoms with Crippen molar-refractivity contribution < 1.29 is 17.2 Å². The predicted octanol–water partition coefficient (Wildman–Crippen LogP) is 1.72. The van der Waals surface area contributed by atoms with E-state index in [4.69, 9.17) is 12.2 Å². The topological polar surface area (TPSA) is 52.6 Å². The highest BCUT2D eigenvalue weighted by atomic mass is 32.2. The van der Waals surface area contributed by atoms with E-state index in [-0.39, 0.29) is 13.1 Å². The second kappa shape index (κ2) is 7.54. The number of hydrogen-bond donors (Lipinski definition) is 1. The quantitative estimate of drug-likeness (QED) is 0.642. The second-order valence-corrected chi connectivity index (χ2v) is 7.82. The van der Waals surface area contributed by atoms with E-state index in [1.165, 1.54) is 0 Å². The lowest BCUT2D eigenvalue weighted by Crippen LogP contribution is -2.53. The molecular formula is C15H19F2N3O2S2. The van der Waals surface area contributed by atoms with Gasteiger partial charge in [-0.3, -0.25) is 0 Å². The van der Waals surface area contributed by atoms with Crippen LogP contribution >= 0.6 is 12.2 Å². The average molecular weight is 375 g/mol. The van der Waals surface area contributed by atoms with Crippen LogP contribution in [-0.4, -0.2) is 55.5 Å². The average Bonchev–Trinajstić information content (AvgIpc) is 2.52. The summed E-state index contributed by atoms with van der Waals surface area (Å²) in [6.07, 6.45) is 0. The minimum absolute atomic E-state index is 0.102. The zero-order chi connectivity index (χ0) is 17.9. The molecule has 0 aromatic heterocycles. The number of piperazine rings is 1. The SMILES string of the molecule is C=C(C)CNC(=S)N1CCN(S(=O)(=O)c2c(F)cccc2F)CC1. The molecule has 24 heavy (non-hydrogen) atoms. The maximum Gasteiger partial charge on any atom is 0.249 e. The van der Waals surface area contributed by atoms with Gasteiger partial charge in [-0.15, -0.1) is 0 Å². The molecule has 0 bridgehead atoms. The summed E-state index contributed by atoms with van der Waals surface area (Å²) in [5.41, 5.74) is 0.925. The van der Waals surface area contributed by atoms with Gasteiger partial charge in [0.1, 0.15) is 11.6 Å². The van der Waals surface area contributed by atoms with Crippen LogP contribution in [0, 0.1) is 11.6 Å². The number of halogens is 2. The van der Waals surface area contributed by atoms with Crippen LogP contribution in [0.25, 0.3) is 0 Å². The molecule has 0 aliphatic carbocycles. The Labute approximate surface area is 146 Å². The van der Waals surface area contributed by atoms with Crippen molar-refractivity contribution in [2.45, 2.75) is 11.8 Å². The van der Waals surface area contributed by atoms with Gasteiger partial charge in [0.25, 0.3) is 0 Å². The van der Waals surface area contributed by atoms with Crippen LogP contribution in [0.1, 0.15) is 6.92 Å². The van der Waals surface area contributed by atoms with Gasteiger partial charge in [0.05, 0.1) is 0 Å². The monoisotopic (exact) mass is 375 g/mol. The number of nitrogens with one attached hydrogen (secondary N) is 1. The summed E-state index contributed by atoms with van der Waals surface area (Å²) in [7, 11) is -4.22. The Bertz CT molecular complexity index is 725. The number of nitrogens with zero attached hydrogens (tertiary/aromatic N) is 2. The van der Waals surface area contributed by atoms with Gasteiger partial charge in [0.15, 0.2) is 10.0 Å². The molecule has 1 aromatic carbocycles. The lowest BCUT2D eigenvalue weighted by Gasteiger charge is -2.35. The van der Waals surface area contributed by atoms with Crippen LogP contribution in [0.3, 0.4) is 0 Å². The normalized spacial score (nSPS) is 16.0. The second-order valence-electron chi connectivity index (χ2n) is 5.56. The first-order valence-electron chi connectivity index (χ1n) is 7.35. The van der Waals surface area contributed by atoms with Crippen molar-refractivity contribution in [2.24, 2.45) is 0 Å². The summed E-state index contributed by atoms with van der Waals surface area (Å²) in [5, 5.41) is 3.53. The van der Waals surface area contributed by atoms with E-state index in [9.17, 15) is 17.2 Å². The van der Waals surface area contributed by atoms with Gasteiger partial charge in [-0.2, -0.15) is 4.31 Å². The molecule has 1 N–H and O–H groups in total. The van der Waals surface area contributed by atoms with E-state index < -0.39 is 26.6 Å². The zero-order valence-corrected chi connectivity index (χ0v) is 14.9. The minimum atomic E-state index is -4.22. The summed E-state index contributed by atoms with van der Waals surface area (Å²) < 4.78 is 53.6. The van der Waals surface area contributed by atoms with E-state index in [0.717, 1.165) is 28.1 Å². The molecule has 9 heteroatoms. The molecular weight excluding hydrogens is 356 g/mol. The molecule has 1 aliphatic heterocycles. The largest absolute Gasteiger partial charge is 0.359 e. The maximum absolute atomic E-state index is 13.8. The molecule has 0 radical (unpaired) electrons. The summed E-state index contributed by atoms with van der Waals surface area (Å²) in [5.74, 6) is -2.17. The number of hydrogen-bond acceptors (Lipinski definition) is 3. The molecule has 1 heterocycles. The van der Waals surface area contributed by atoms with Gasteiger partial charge >= 0.3 is 0 Å². The van der Waals surface area contributed by atoms with Crippen molar-refractivity contribution in [1.29, 1.82) is 0 Å². The molecule has 1 aromatic rings. The molecule has 132 valence electrons. The Hall–Kier alpha value is -1.58. The number of benzene rings is 1. The van der Waals surface area contributed by atoms with Gasteiger partial charge in [-0.1, -0.05) is 18.2 Å². The highest BCUT2D eigenvalue weighted by Gasteiger charge is 2.33. The summed E-state index contributed by atoms with van der Waals surface area (Å²) >= 11 is 5.25. The zero-order valence-electron chi connectivity index (χ0n) is 13.3. The lowest BCUT2D eigenvalue weighted by molar-refractivity contribution is 0.263. The number of thiocarbonyl (C=S) groups is 1. The third-order valence-corrected chi connectivity index (χ3v) is 5.94. The molecule has 0 unspecified atom stereocenters. The van der Waals surface area contributed by atoms with Crippen molar-refractivity contribution in [2.75, 3.05) is 32.7 Å². The van der Waals surface area contributed by atoms with E-state index in [1.807, 2.05) is 11.8 Å². The highest BCUT2D eigenvalue weighted by Crippen LogP contribution is 2.23. The van der Waals surface area contributed by atoms with Crippen LogP contribution in [0.15, 0.2) is 35.2 Å². The third kappa shape index (κ3) is 4.08. The van der Waals surface area contributed by atoms with Gasteiger partial charge in [0.2, 0.25) is 10.0 Å². The van der Waals surface area contributed by atoms with Crippen LogP contribution < -0.4 is 5.32 Å². The fraction of sp³-hybridized carbons (Fsp3) is 0.400. The van der Waals surface area contributed by atoms with E-state index in [0.29, 0.717) is 24.7 Å². The van der Waals surface area contributed by atoms with Gasteiger partial charge in [0, 0.05) is 32.7 Å². The first-order valence-corrected chi connectivity index (χ1v) is 9.19. The first kappa shape index (κ1) is 18.8. The predicted molar refractivity (Wildman–Crippen MR) is 92.1 cm³/mol. The van der Waals surface area contributed by atoms with Crippen molar-refractivity contribution in [1.82, 2.24) is 14.5 Å². The van der Waals surface area contributed by atoms with Crippen molar-refractivity contribution in [3.05, 3.63) is 42.0 Å². The summed E-state index contributed by atoms with van der Waals surface area (Å²) in [6.45, 7) is 7.06. The van der Waals surface area contributed by atoms with Crippen LogP contribution in [0.5, 0.6) is 0 Å². The fourth-order valence-corrected chi connectivity index (χ4v) is 4.11.